The molecule has 0 amide bonds. The number of halogens is 2. The van der Waals surface area contributed by atoms with E-state index in [1.807, 2.05) is 6.92 Å². The van der Waals surface area contributed by atoms with E-state index in [0.29, 0.717) is 12.2 Å². The lowest BCUT2D eigenvalue weighted by Gasteiger charge is -2.36. The number of hydrogen-bond acceptors (Lipinski definition) is 1. The number of thiol groups is 1. The van der Waals surface area contributed by atoms with Gasteiger partial charge >= 0.3 is 0 Å². The molecule has 0 nitrogen and oxygen atoms in total. The Balaban J connectivity index is 2.59. The average Bonchev–Trinajstić information content (AvgIpc) is 1.85. The van der Waals surface area contributed by atoms with Crippen molar-refractivity contribution in [3.8, 4) is 0 Å². The van der Waals surface area contributed by atoms with Gasteiger partial charge in [-0.15, -0.1) is 0 Å². The van der Waals surface area contributed by atoms with Crippen LogP contribution in [0.5, 0.6) is 0 Å². The highest BCUT2D eigenvalue weighted by atomic mass is 32.1. The van der Waals surface area contributed by atoms with Gasteiger partial charge < -0.3 is 0 Å². The minimum Gasteiger partial charge on any atom is -0.207 e. The van der Waals surface area contributed by atoms with Crippen molar-refractivity contribution in [2.45, 2.75) is 38.5 Å². The molecule has 0 saturated heterocycles. The predicted molar refractivity (Wildman–Crippen MR) is 45.4 cm³/mol. The van der Waals surface area contributed by atoms with Gasteiger partial charge in [-0.2, -0.15) is 12.6 Å². The summed E-state index contributed by atoms with van der Waals surface area (Å²) in [5, 5.41) is 0. The zero-order valence-corrected chi connectivity index (χ0v) is 7.63. The van der Waals surface area contributed by atoms with E-state index in [0.717, 1.165) is 6.42 Å². The maximum absolute atomic E-state index is 12.9. The van der Waals surface area contributed by atoms with Gasteiger partial charge in [0.2, 0.25) is 5.92 Å². The fourth-order valence-corrected chi connectivity index (χ4v) is 1.98. The first-order valence-electron chi connectivity index (χ1n) is 3.96. The highest BCUT2D eigenvalue weighted by molar-refractivity contribution is 7.80. The number of alkyl halides is 2. The molecule has 0 spiro atoms. The van der Waals surface area contributed by atoms with E-state index in [4.69, 9.17) is 0 Å². The Morgan fingerprint density at radius 2 is 2.00 bits per heavy atom. The molecule has 0 radical (unpaired) electrons. The molecule has 1 fully saturated rings. The minimum absolute atomic E-state index is 0.0174. The van der Waals surface area contributed by atoms with Gasteiger partial charge in [0, 0.05) is 12.8 Å². The van der Waals surface area contributed by atoms with Crippen molar-refractivity contribution >= 4 is 12.6 Å². The Kier molecular flexibility index (Phi) is 2.47. The lowest BCUT2D eigenvalue weighted by Crippen LogP contribution is -2.34. The van der Waals surface area contributed by atoms with E-state index in [-0.39, 0.29) is 18.3 Å². The average molecular weight is 180 g/mol. The van der Waals surface area contributed by atoms with Crippen LogP contribution in [0.4, 0.5) is 8.78 Å². The SMILES string of the molecule is CC1(CS)CCCC(F)(F)C1. The normalized spacial score (nSPS) is 37.1. The summed E-state index contributed by atoms with van der Waals surface area (Å²) >= 11 is 4.09. The van der Waals surface area contributed by atoms with E-state index in [1.54, 1.807) is 0 Å². The topological polar surface area (TPSA) is 0 Å². The van der Waals surface area contributed by atoms with E-state index < -0.39 is 5.92 Å². The zero-order valence-electron chi connectivity index (χ0n) is 6.74. The fraction of sp³-hybridized carbons (Fsp3) is 1.00. The molecule has 0 aromatic heterocycles. The summed E-state index contributed by atoms with van der Waals surface area (Å²) in [5.74, 6) is -1.86. The van der Waals surface area contributed by atoms with E-state index in [2.05, 4.69) is 12.6 Å². The van der Waals surface area contributed by atoms with Crippen LogP contribution in [0.25, 0.3) is 0 Å². The molecular weight excluding hydrogens is 166 g/mol. The maximum atomic E-state index is 12.9. The Morgan fingerprint density at radius 1 is 1.36 bits per heavy atom. The molecule has 1 saturated carbocycles. The van der Waals surface area contributed by atoms with Gasteiger partial charge in [-0.05, 0) is 24.0 Å². The van der Waals surface area contributed by atoms with Gasteiger partial charge in [-0.1, -0.05) is 6.92 Å². The molecule has 11 heavy (non-hydrogen) atoms. The van der Waals surface area contributed by atoms with Crippen molar-refractivity contribution < 1.29 is 8.78 Å². The van der Waals surface area contributed by atoms with Gasteiger partial charge in [0.15, 0.2) is 0 Å². The zero-order chi connectivity index (χ0) is 8.54. The standard InChI is InChI=1S/C8H14F2S/c1-7(6-11)3-2-4-8(9,10)5-7/h11H,2-6H2,1H3. The number of rotatable bonds is 1. The summed E-state index contributed by atoms with van der Waals surface area (Å²) in [4.78, 5) is 0. The van der Waals surface area contributed by atoms with Crippen molar-refractivity contribution in [2.75, 3.05) is 5.75 Å². The second kappa shape index (κ2) is 2.92. The summed E-state index contributed by atoms with van der Waals surface area (Å²) in [6.45, 7) is 1.90. The lowest BCUT2D eigenvalue weighted by molar-refractivity contribution is -0.0714. The van der Waals surface area contributed by atoms with Crippen molar-refractivity contribution in [1.29, 1.82) is 0 Å². The van der Waals surface area contributed by atoms with E-state index in [1.165, 1.54) is 0 Å². The molecule has 1 aliphatic rings. The van der Waals surface area contributed by atoms with E-state index in [9.17, 15) is 8.78 Å². The molecule has 0 aromatic carbocycles. The molecule has 1 unspecified atom stereocenters. The van der Waals surface area contributed by atoms with E-state index >= 15 is 0 Å². The molecule has 0 aliphatic heterocycles. The monoisotopic (exact) mass is 180 g/mol. The molecule has 0 heterocycles. The molecule has 1 atom stereocenters. The molecule has 1 aliphatic carbocycles. The van der Waals surface area contributed by atoms with Gasteiger partial charge in [0.25, 0.3) is 0 Å². The van der Waals surface area contributed by atoms with Crippen molar-refractivity contribution in [1.82, 2.24) is 0 Å². The van der Waals surface area contributed by atoms with Gasteiger partial charge in [0.1, 0.15) is 0 Å². The molecular formula is C8H14F2S. The predicted octanol–water partition coefficient (Wildman–Crippen LogP) is 3.13. The summed E-state index contributed by atoms with van der Waals surface area (Å²) < 4.78 is 25.7. The fourth-order valence-electron chi connectivity index (χ4n) is 1.71. The highest BCUT2D eigenvalue weighted by Crippen LogP contribution is 2.44. The van der Waals surface area contributed by atoms with Crippen LogP contribution in [0.15, 0.2) is 0 Å². The molecule has 0 aromatic rings. The van der Waals surface area contributed by atoms with Crippen LogP contribution >= 0.6 is 12.6 Å². The molecule has 0 bridgehead atoms. The quantitative estimate of drug-likeness (QED) is 0.589. The molecule has 1 rings (SSSR count). The van der Waals surface area contributed by atoms with Crippen molar-refractivity contribution in [2.24, 2.45) is 5.41 Å². The summed E-state index contributed by atoms with van der Waals surface area (Å²) in [6.07, 6.45) is 1.62. The Labute approximate surface area is 71.8 Å². The van der Waals surface area contributed by atoms with Crippen molar-refractivity contribution in [3.05, 3.63) is 0 Å². The Hall–Kier alpha value is 0.210. The Bertz CT molecular complexity index is 147. The third-order valence-electron chi connectivity index (χ3n) is 2.39. The van der Waals surface area contributed by atoms with Gasteiger partial charge in [-0.25, -0.2) is 8.78 Å². The maximum Gasteiger partial charge on any atom is 0.248 e. The third kappa shape index (κ3) is 2.32. The first-order chi connectivity index (χ1) is 4.97. The largest absolute Gasteiger partial charge is 0.248 e. The lowest BCUT2D eigenvalue weighted by atomic mass is 9.75. The molecule has 3 heteroatoms. The van der Waals surface area contributed by atoms with Crippen LogP contribution < -0.4 is 0 Å². The first kappa shape index (κ1) is 9.30. The van der Waals surface area contributed by atoms with Crippen LogP contribution in [0.3, 0.4) is 0 Å². The summed E-state index contributed by atoms with van der Waals surface area (Å²) in [5.41, 5.74) is -0.231. The third-order valence-corrected chi connectivity index (χ3v) is 3.15. The first-order valence-corrected chi connectivity index (χ1v) is 4.59. The van der Waals surface area contributed by atoms with Crippen LogP contribution in [0.1, 0.15) is 32.6 Å². The second-order valence-electron chi connectivity index (χ2n) is 3.86. The Morgan fingerprint density at radius 3 is 2.36 bits per heavy atom. The van der Waals surface area contributed by atoms with Crippen LogP contribution in [0, 0.1) is 5.41 Å². The van der Waals surface area contributed by atoms with Crippen LogP contribution in [-0.4, -0.2) is 11.7 Å². The summed E-state index contributed by atoms with van der Waals surface area (Å²) in [6, 6.07) is 0. The van der Waals surface area contributed by atoms with Crippen LogP contribution in [-0.2, 0) is 0 Å². The molecule has 0 N–H and O–H groups in total. The van der Waals surface area contributed by atoms with Crippen LogP contribution in [0.2, 0.25) is 0 Å². The minimum atomic E-state index is -2.43. The number of hydrogen-bond donors (Lipinski definition) is 1. The smallest absolute Gasteiger partial charge is 0.207 e. The molecule has 66 valence electrons. The second-order valence-corrected chi connectivity index (χ2v) is 4.17. The summed E-state index contributed by atoms with van der Waals surface area (Å²) in [7, 11) is 0. The van der Waals surface area contributed by atoms with Gasteiger partial charge in [-0.3, -0.25) is 0 Å². The van der Waals surface area contributed by atoms with Crippen molar-refractivity contribution in [3.63, 3.8) is 0 Å². The highest BCUT2D eigenvalue weighted by Gasteiger charge is 2.41. The van der Waals surface area contributed by atoms with Gasteiger partial charge in [0.05, 0.1) is 0 Å².